The molecule has 2 heterocycles. The Hall–Kier alpha value is -1.26. The molecular formula is C17H26N2O2. The lowest BCUT2D eigenvalue weighted by Crippen LogP contribution is -2.35. The predicted octanol–water partition coefficient (Wildman–Crippen LogP) is 2.58. The molecule has 1 fully saturated rings. The zero-order valence-corrected chi connectivity index (χ0v) is 12.9. The zero-order chi connectivity index (χ0) is 14.7. The number of rotatable bonds is 3. The van der Waals surface area contributed by atoms with E-state index in [0.29, 0.717) is 25.2 Å². The zero-order valence-electron chi connectivity index (χ0n) is 12.9. The van der Waals surface area contributed by atoms with Gasteiger partial charge in [-0.2, -0.15) is 0 Å². The second-order valence-corrected chi connectivity index (χ2v) is 5.97. The summed E-state index contributed by atoms with van der Waals surface area (Å²) < 4.78 is 11.4. The fourth-order valence-corrected chi connectivity index (χ4v) is 3.64. The third kappa shape index (κ3) is 3.01. The molecule has 116 valence electrons. The van der Waals surface area contributed by atoms with Crippen LogP contribution in [0.5, 0.6) is 11.5 Å². The largest absolute Gasteiger partial charge is 0.486 e. The van der Waals surface area contributed by atoms with Crippen LogP contribution in [0.25, 0.3) is 0 Å². The first-order valence-electron chi connectivity index (χ1n) is 8.17. The predicted molar refractivity (Wildman–Crippen MR) is 83.8 cm³/mol. The molecule has 3 rings (SSSR count). The first kappa shape index (κ1) is 14.7. The van der Waals surface area contributed by atoms with Gasteiger partial charge in [0, 0.05) is 6.04 Å². The molecule has 0 spiro atoms. The maximum absolute atomic E-state index is 6.07. The summed E-state index contributed by atoms with van der Waals surface area (Å²) in [6, 6.07) is 6.80. The molecule has 0 bridgehead atoms. The van der Waals surface area contributed by atoms with Crippen LogP contribution < -0.4 is 15.2 Å². The van der Waals surface area contributed by atoms with Crippen LogP contribution in [-0.2, 0) is 0 Å². The van der Waals surface area contributed by atoms with E-state index in [2.05, 4.69) is 30.0 Å². The van der Waals surface area contributed by atoms with Crippen LogP contribution in [0.2, 0.25) is 0 Å². The van der Waals surface area contributed by atoms with Crippen molar-refractivity contribution in [2.75, 3.05) is 32.8 Å². The van der Waals surface area contributed by atoms with Gasteiger partial charge >= 0.3 is 0 Å². The average molecular weight is 290 g/mol. The molecule has 0 saturated carbocycles. The van der Waals surface area contributed by atoms with Crippen molar-refractivity contribution in [1.29, 1.82) is 0 Å². The lowest BCUT2D eigenvalue weighted by Gasteiger charge is -2.35. The molecule has 0 aliphatic carbocycles. The molecule has 0 radical (unpaired) electrons. The molecule has 4 nitrogen and oxygen atoms in total. The van der Waals surface area contributed by atoms with E-state index in [1.807, 2.05) is 0 Å². The molecule has 0 amide bonds. The van der Waals surface area contributed by atoms with Crippen LogP contribution in [0.1, 0.15) is 37.8 Å². The van der Waals surface area contributed by atoms with Gasteiger partial charge in [-0.3, -0.25) is 4.90 Å². The Kier molecular flexibility index (Phi) is 4.66. The topological polar surface area (TPSA) is 47.7 Å². The number of ether oxygens (including phenoxy) is 2. The molecule has 0 aromatic heterocycles. The van der Waals surface area contributed by atoms with E-state index in [1.54, 1.807) is 0 Å². The standard InChI is InChI=1S/C17H26N2O2/c1-2-19-8-4-3-5-14(12-18)17(19)13-6-7-15-16(11-13)21-10-9-20-15/h6-7,11,14,17H,2-5,8-10,12,18H2,1H3. The Labute approximate surface area is 127 Å². The molecule has 21 heavy (non-hydrogen) atoms. The van der Waals surface area contributed by atoms with Gasteiger partial charge in [0.2, 0.25) is 0 Å². The van der Waals surface area contributed by atoms with E-state index < -0.39 is 0 Å². The van der Waals surface area contributed by atoms with Crippen LogP contribution in [0.4, 0.5) is 0 Å². The summed E-state index contributed by atoms with van der Waals surface area (Å²) in [6.45, 7) is 6.49. The van der Waals surface area contributed by atoms with Crippen LogP contribution in [-0.4, -0.2) is 37.7 Å². The number of nitrogens with zero attached hydrogens (tertiary/aromatic N) is 1. The third-order valence-electron chi connectivity index (χ3n) is 4.73. The molecular weight excluding hydrogens is 264 g/mol. The second-order valence-electron chi connectivity index (χ2n) is 5.97. The van der Waals surface area contributed by atoms with Gasteiger partial charge in [-0.15, -0.1) is 0 Å². The van der Waals surface area contributed by atoms with Gasteiger partial charge in [0.25, 0.3) is 0 Å². The average Bonchev–Trinajstić information content (AvgIpc) is 2.76. The molecule has 2 unspecified atom stereocenters. The van der Waals surface area contributed by atoms with Gasteiger partial charge < -0.3 is 15.2 Å². The van der Waals surface area contributed by atoms with Gasteiger partial charge in [-0.1, -0.05) is 19.4 Å². The number of benzene rings is 1. The van der Waals surface area contributed by atoms with Crippen molar-refractivity contribution >= 4 is 0 Å². The minimum atomic E-state index is 0.401. The molecule has 1 aromatic carbocycles. The lowest BCUT2D eigenvalue weighted by molar-refractivity contribution is 0.159. The first-order chi connectivity index (χ1) is 10.3. The number of hydrogen-bond donors (Lipinski definition) is 1. The number of fused-ring (bicyclic) bond motifs is 1. The Morgan fingerprint density at radius 3 is 2.76 bits per heavy atom. The van der Waals surface area contributed by atoms with Crippen molar-refractivity contribution in [2.45, 2.75) is 32.2 Å². The summed E-state index contributed by atoms with van der Waals surface area (Å²) >= 11 is 0. The van der Waals surface area contributed by atoms with Crippen LogP contribution in [0.3, 0.4) is 0 Å². The number of nitrogens with two attached hydrogens (primary N) is 1. The lowest BCUT2D eigenvalue weighted by atomic mass is 9.89. The Balaban J connectivity index is 1.93. The third-order valence-corrected chi connectivity index (χ3v) is 4.73. The summed E-state index contributed by atoms with van der Waals surface area (Å²) in [4.78, 5) is 2.57. The van der Waals surface area contributed by atoms with Crippen molar-refractivity contribution in [3.05, 3.63) is 23.8 Å². The van der Waals surface area contributed by atoms with E-state index >= 15 is 0 Å². The van der Waals surface area contributed by atoms with E-state index in [9.17, 15) is 0 Å². The van der Waals surface area contributed by atoms with E-state index in [-0.39, 0.29) is 0 Å². The molecule has 2 N–H and O–H groups in total. The monoisotopic (exact) mass is 290 g/mol. The van der Waals surface area contributed by atoms with Gasteiger partial charge in [0.1, 0.15) is 13.2 Å². The van der Waals surface area contributed by atoms with Gasteiger partial charge in [0.15, 0.2) is 11.5 Å². The quantitative estimate of drug-likeness (QED) is 0.929. The second kappa shape index (κ2) is 6.67. The van der Waals surface area contributed by atoms with E-state index in [0.717, 1.165) is 31.1 Å². The maximum Gasteiger partial charge on any atom is 0.161 e. The molecule has 4 heteroatoms. The fraction of sp³-hybridized carbons (Fsp3) is 0.647. The highest BCUT2D eigenvalue weighted by Gasteiger charge is 2.30. The first-order valence-corrected chi connectivity index (χ1v) is 8.17. The van der Waals surface area contributed by atoms with Gasteiger partial charge in [-0.25, -0.2) is 0 Å². The molecule has 2 aliphatic heterocycles. The summed E-state index contributed by atoms with van der Waals surface area (Å²) in [6.07, 6.45) is 3.76. The molecule has 2 atom stereocenters. The van der Waals surface area contributed by atoms with Crippen molar-refractivity contribution < 1.29 is 9.47 Å². The van der Waals surface area contributed by atoms with Crippen molar-refractivity contribution in [2.24, 2.45) is 11.7 Å². The smallest absolute Gasteiger partial charge is 0.161 e. The Morgan fingerprint density at radius 2 is 2.00 bits per heavy atom. The summed E-state index contributed by atoms with van der Waals surface area (Å²) in [7, 11) is 0. The Bertz CT molecular complexity index is 464. The van der Waals surface area contributed by atoms with Crippen molar-refractivity contribution in [1.82, 2.24) is 4.90 Å². The summed E-state index contributed by atoms with van der Waals surface area (Å²) in [5.74, 6) is 2.27. The van der Waals surface area contributed by atoms with Crippen LogP contribution in [0.15, 0.2) is 18.2 Å². The highest BCUT2D eigenvalue weighted by Crippen LogP contribution is 2.39. The van der Waals surface area contributed by atoms with Gasteiger partial charge in [-0.05, 0) is 56.1 Å². The number of likely N-dealkylation sites (tertiary alicyclic amines) is 1. The number of hydrogen-bond acceptors (Lipinski definition) is 4. The van der Waals surface area contributed by atoms with Crippen LogP contribution in [0, 0.1) is 5.92 Å². The highest BCUT2D eigenvalue weighted by atomic mass is 16.6. The maximum atomic E-state index is 6.07. The minimum absolute atomic E-state index is 0.401. The molecule has 1 saturated heterocycles. The molecule has 2 aliphatic rings. The van der Waals surface area contributed by atoms with Crippen molar-refractivity contribution in [3.63, 3.8) is 0 Å². The normalized spacial score (nSPS) is 26.4. The minimum Gasteiger partial charge on any atom is -0.486 e. The summed E-state index contributed by atoms with van der Waals surface area (Å²) in [5.41, 5.74) is 7.39. The fourth-order valence-electron chi connectivity index (χ4n) is 3.64. The van der Waals surface area contributed by atoms with Crippen LogP contribution >= 0.6 is 0 Å². The Morgan fingerprint density at radius 1 is 1.19 bits per heavy atom. The van der Waals surface area contributed by atoms with E-state index in [4.69, 9.17) is 15.2 Å². The summed E-state index contributed by atoms with van der Waals surface area (Å²) in [5, 5.41) is 0. The van der Waals surface area contributed by atoms with E-state index in [1.165, 1.54) is 24.8 Å². The van der Waals surface area contributed by atoms with Crippen molar-refractivity contribution in [3.8, 4) is 11.5 Å². The highest BCUT2D eigenvalue weighted by molar-refractivity contribution is 5.44. The molecule has 1 aromatic rings. The SMILES string of the molecule is CCN1CCCCC(CN)C1c1ccc2c(c1)OCCO2. The van der Waals surface area contributed by atoms with Gasteiger partial charge in [0.05, 0.1) is 0 Å².